The predicted molar refractivity (Wildman–Crippen MR) is 84.1 cm³/mol. The molecule has 106 valence electrons. The zero-order valence-electron chi connectivity index (χ0n) is 12.1. The molecule has 3 heteroatoms. The van der Waals surface area contributed by atoms with E-state index in [2.05, 4.69) is 42.3 Å². The van der Waals surface area contributed by atoms with Gasteiger partial charge in [0, 0.05) is 19.6 Å². The maximum Gasteiger partial charge on any atom is 0.0642 e. The molecule has 1 heterocycles. The zero-order valence-corrected chi connectivity index (χ0v) is 12.8. The van der Waals surface area contributed by atoms with Gasteiger partial charge >= 0.3 is 0 Å². The van der Waals surface area contributed by atoms with E-state index in [1.165, 1.54) is 37.1 Å². The highest BCUT2D eigenvalue weighted by molar-refractivity contribution is 6.33. The first-order chi connectivity index (χ1) is 9.24. The summed E-state index contributed by atoms with van der Waals surface area (Å²) < 4.78 is 0. The molecule has 0 radical (unpaired) electrons. The van der Waals surface area contributed by atoms with Crippen molar-refractivity contribution in [3.63, 3.8) is 0 Å². The van der Waals surface area contributed by atoms with Crippen molar-refractivity contribution in [2.45, 2.75) is 39.7 Å². The van der Waals surface area contributed by atoms with Crippen molar-refractivity contribution in [1.82, 2.24) is 5.32 Å². The van der Waals surface area contributed by atoms with Gasteiger partial charge in [0.25, 0.3) is 0 Å². The van der Waals surface area contributed by atoms with Crippen molar-refractivity contribution < 1.29 is 0 Å². The summed E-state index contributed by atoms with van der Waals surface area (Å²) in [7, 11) is 0. The van der Waals surface area contributed by atoms with Crippen LogP contribution in [0.5, 0.6) is 0 Å². The third-order valence-electron chi connectivity index (χ3n) is 3.91. The summed E-state index contributed by atoms with van der Waals surface area (Å²) in [5.41, 5.74) is 2.47. The van der Waals surface area contributed by atoms with Gasteiger partial charge < -0.3 is 10.2 Å². The Kier molecular flexibility index (Phi) is 5.53. The van der Waals surface area contributed by atoms with E-state index in [-0.39, 0.29) is 0 Å². The molecule has 0 saturated carbocycles. The zero-order chi connectivity index (χ0) is 13.7. The van der Waals surface area contributed by atoms with Gasteiger partial charge in [-0.1, -0.05) is 37.9 Å². The first kappa shape index (κ1) is 14.7. The summed E-state index contributed by atoms with van der Waals surface area (Å²) in [5, 5.41) is 4.23. The SMILES string of the molecule is CCCC1CCN(c2ccc(CNCC)cc2Cl)C1. The Balaban J connectivity index is 2.01. The van der Waals surface area contributed by atoms with Crippen LogP contribution in [0.4, 0.5) is 5.69 Å². The minimum Gasteiger partial charge on any atom is -0.370 e. The molecule has 1 saturated heterocycles. The van der Waals surface area contributed by atoms with Crippen LogP contribution < -0.4 is 10.2 Å². The summed E-state index contributed by atoms with van der Waals surface area (Å²) in [5.74, 6) is 0.850. The number of anilines is 1. The van der Waals surface area contributed by atoms with Crippen LogP contribution in [0.15, 0.2) is 18.2 Å². The lowest BCUT2D eigenvalue weighted by Gasteiger charge is -2.20. The molecule has 19 heavy (non-hydrogen) atoms. The minimum absolute atomic E-state index is 0.850. The van der Waals surface area contributed by atoms with Crippen LogP contribution in [0.25, 0.3) is 0 Å². The Hall–Kier alpha value is -0.730. The van der Waals surface area contributed by atoms with E-state index < -0.39 is 0 Å². The average molecular weight is 281 g/mol. The fourth-order valence-electron chi connectivity index (χ4n) is 2.88. The highest BCUT2D eigenvalue weighted by Gasteiger charge is 2.23. The molecular formula is C16H25ClN2. The second-order valence-corrected chi connectivity index (χ2v) is 5.86. The van der Waals surface area contributed by atoms with Crippen LogP contribution in [0.1, 0.15) is 38.7 Å². The van der Waals surface area contributed by atoms with Gasteiger partial charge in [0.2, 0.25) is 0 Å². The van der Waals surface area contributed by atoms with Gasteiger partial charge in [-0.25, -0.2) is 0 Å². The summed E-state index contributed by atoms with van der Waals surface area (Å²) >= 11 is 6.44. The lowest BCUT2D eigenvalue weighted by molar-refractivity contribution is 0.530. The van der Waals surface area contributed by atoms with Crippen LogP contribution in [0.2, 0.25) is 5.02 Å². The van der Waals surface area contributed by atoms with Crippen molar-refractivity contribution in [2.75, 3.05) is 24.5 Å². The van der Waals surface area contributed by atoms with Gasteiger partial charge in [0.1, 0.15) is 0 Å². The summed E-state index contributed by atoms with van der Waals surface area (Å²) in [6.45, 7) is 8.59. The quantitative estimate of drug-likeness (QED) is 0.845. The van der Waals surface area contributed by atoms with Crippen molar-refractivity contribution in [2.24, 2.45) is 5.92 Å². The molecule has 1 aliphatic rings. The maximum absolute atomic E-state index is 6.44. The van der Waals surface area contributed by atoms with Crippen LogP contribution in [-0.2, 0) is 6.54 Å². The van der Waals surface area contributed by atoms with E-state index in [0.29, 0.717) is 0 Å². The highest BCUT2D eigenvalue weighted by Crippen LogP contribution is 2.32. The molecule has 1 aromatic carbocycles. The maximum atomic E-state index is 6.44. The summed E-state index contributed by atoms with van der Waals surface area (Å²) in [4.78, 5) is 2.44. The Morgan fingerprint density at radius 1 is 1.37 bits per heavy atom. The molecule has 0 bridgehead atoms. The largest absolute Gasteiger partial charge is 0.370 e. The monoisotopic (exact) mass is 280 g/mol. The van der Waals surface area contributed by atoms with Gasteiger partial charge in [-0.3, -0.25) is 0 Å². The lowest BCUT2D eigenvalue weighted by atomic mass is 10.0. The Labute approximate surface area is 122 Å². The average Bonchev–Trinajstić information content (AvgIpc) is 2.85. The second-order valence-electron chi connectivity index (χ2n) is 5.46. The number of nitrogens with zero attached hydrogens (tertiary/aromatic N) is 1. The van der Waals surface area contributed by atoms with Crippen LogP contribution in [-0.4, -0.2) is 19.6 Å². The molecule has 1 N–H and O–H groups in total. The number of nitrogens with one attached hydrogen (secondary N) is 1. The van der Waals surface area contributed by atoms with E-state index in [1.807, 2.05) is 0 Å². The van der Waals surface area contributed by atoms with E-state index in [0.717, 1.165) is 30.6 Å². The molecule has 0 amide bonds. The number of rotatable bonds is 6. The molecule has 0 aliphatic carbocycles. The van der Waals surface area contributed by atoms with Crippen molar-refractivity contribution in [3.8, 4) is 0 Å². The van der Waals surface area contributed by atoms with Crippen molar-refractivity contribution >= 4 is 17.3 Å². The third-order valence-corrected chi connectivity index (χ3v) is 4.22. The van der Waals surface area contributed by atoms with Gasteiger partial charge in [-0.05, 0) is 43.0 Å². The fourth-order valence-corrected chi connectivity index (χ4v) is 3.20. The minimum atomic E-state index is 0.850. The van der Waals surface area contributed by atoms with E-state index >= 15 is 0 Å². The molecule has 1 aliphatic heterocycles. The molecule has 0 spiro atoms. The number of halogens is 1. The van der Waals surface area contributed by atoms with Crippen LogP contribution in [0.3, 0.4) is 0 Å². The van der Waals surface area contributed by atoms with Gasteiger partial charge in [-0.2, -0.15) is 0 Å². The van der Waals surface area contributed by atoms with Gasteiger partial charge in [0.15, 0.2) is 0 Å². The molecule has 2 nitrogen and oxygen atoms in total. The first-order valence-corrected chi connectivity index (χ1v) is 7.86. The lowest BCUT2D eigenvalue weighted by Crippen LogP contribution is -2.20. The van der Waals surface area contributed by atoms with Crippen molar-refractivity contribution in [3.05, 3.63) is 28.8 Å². The second kappa shape index (κ2) is 7.16. The molecule has 1 unspecified atom stereocenters. The van der Waals surface area contributed by atoms with E-state index in [9.17, 15) is 0 Å². The molecule has 2 rings (SSSR count). The van der Waals surface area contributed by atoms with Crippen LogP contribution in [0, 0.1) is 5.92 Å². The standard InChI is InChI=1S/C16H25ClN2/c1-3-5-13-8-9-19(12-13)16-7-6-14(10-15(16)17)11-18-4-2/h6-7,10,13,18H,3-5,8-9,11-12H2,1-2H3. The molecule has 1 fully saturated rings. The smallest absolute Gasteiger partial charge is 0.0642 e. The highest BCUT2D eigenvalue weighted by atomic mass is 35.5. The summed E-state index contributed by atoms with van der Waals surface area (Å²) in [6, 6.07) is 6.48. The van der Waals surface area contributed by atoms with E-state index in [1.54, 1.807) is 0 Å². The van der Waals surface area contributed by atoms with E-state index in [4.69, 9.17) is 11.6 Å². The first-order valence-electron chi connectivity index (χ1n) is 7.48. The molecule has 1 atom stereocenters. The number of hydrogen-bond donors (Lipinski definition) is 1. The molecular weight excluding hydrogens is 256 g/mol. The Morgan fingerprint density at radius 2 is 2.21 bits per heavy atom. The Bertz CT molecular complexity index is 406. The predicted octanol–water partition coefficient (Wildman–Crippen LogP) is 4.08. The molecule has 0 aromatic heterocycles. The number of benzene rings is 1. The topological polar surface area (TPSA) is 15.3 Å². The number of hydrogen-bond acceptors (Lipinski definition) is 2. The fraction of sp³-hybridized carbons (Fsp3) is 0.625. The van der Waals surface area contributed by atoms with Gasteiger partial charge in [0.05, 0.1) is 10.7 Å². The molecule has 1 aromatic rings. The van der Waals surface area contributed by atoms with Crippen molar-refractivity contribution in [1.29, 1.82) is 0 Å². The summed E-state index contributed by atoms with van der Waals surface area (Å²) in [6.07, 6.45) is 3.93. The Morgan fingerprint density at radius 3 is 2.89 bits per heavy atom. The van der Waals surface area contributed by atoms with Crippen LogP contribution >= 0.6 is 11.6 Å². The van der Waals surface area contributed by atoms with Gasteiger partial charge in [-0.15, -0.1) is 0 Å². The normalized spacial score (nSPS) is 19.1. The third kappa shape index (κ3) is 3.87.